The molecule has 6 heteroatoms. The molecule has 0 saturated carbocycles. The van der Waals surface area contributed by atoms with Crippen LogP contribution in [0, 0.1) is 0 Å². The van der Waals surface area contributed by atoms with Crippen molar-refractivity contribution < 1.29 is 13.4 Å². The molecule has 21 heavy (non-hydrogen) atoms. The maximum atomic E-state index is 12.9. The van der Waals surface area contributed by atoms with Gasteiger partial charge < -0.3 is 13.4 Å². The van der Waals surface area contributed by atoms with Gasteiger partial charge in [0, 0.05) is 24.5 Å². The second kappa shape index (κ2) is 6.88. The molecule has 0 amide bonds. The SMILES string of the molecule is C[Si](C)(C)O/C1=C/P(C)(=O)/C=C(/O[Si](C)(C)C)CCCC1. The predicted octanol–water partition coefficient (Wildman–Crippen LogP) is 5.94. The van der Waals surface area contributed by atoms with Gasteiger partial charge in [-0.2, -0.15) is 0 Å². The first-order valence-electron chi connectivity index (χ1n) is 7.75. The van der Waals surface area contributed by atoms with Gasteiger partial charge in [0.2, 0.25) is 16.6 Å². The Morgan fingerprint density at radius 1 is 0.857 bits per heavy atom. The third-order valence-corrected chi connectivity index (χ3v) is 6.12. The summed E-state index contributed by atoms with van der Waals surface area (Å²) in [5, 5.41) is 0. The molecule has 0 atom stereocenters. The highest BCUT2D eigenvalue weighted by molar-refractivity contribution is 7.69. The largest absolute Gasteiger partial charge is 0.547 e. The maximum Gasteiger partial charge on any atom is 0.241 e. The first kappa shape index (κ1) is 18.8. The van der Waals surface area contributed by atoms with Crippen LogP contribution in [0.25, 0.3) is 0 Å². The summed E-state index contributed by atoms with van der Waals surface area (Å²) in [5.74, 6) is 5.57. The summed E-state index contributed by atoms with van der Waals surface area (Å²) in [6.45, 7) is 14.8. The zero-order valence-electron chi connectivity index (χ0n) is 14.7. The summed E-state index contributed by atoms with van der Waals surface area (Å²) in [5.41, 5.74) is 0. The Labute approximate surface area is 132 Å². The van der Waals surface area contributed by atoms with Gasteiger partial charge in [0.15, 0.2) is 0 Å². The molecule has 0 radical (unpaired) electrons. The summed E-state index contributed by atoms with van der Waals surface area (Å²) in [6, 6.07) is 0. The first-order chi connectivity index (χ1) is 9.36. The standard InChI is InChI=1S/C15H31O3PSi2/c1-19(16)12-14(17-20(2,3)4)10-8-9-11-15(13-19)18-21(5,6)7/h12-13H,8-11H2,1-7H3/b14-12+,15-13+. The lowest BCUT2D eigenvalue weighted by Gasteiger charge is -2.22. The van der Waals surface area contributed by atoms with Crippen LogP contribution in [0.15, 0.2) is 23.2 Å². The highest BCUT2D eigenvalue weighted by Crippen LogP contribution is 2.49. The van der Waals surface area contributed by atoms with Gasteiger partial charge in [0.25, 0.3) is 0 Å². The van der Waals surface area contributed by atoms with Gasteiger partial charge in [-0.3, -0.25) is 0 Å². The highest BCUT2D eigenvalue weighted by atomic mass is 31.2. The molecule has 1 aliphatic rings. The number of hydrogen-bond acceptors (Lipinski definition) is 3. The van der Waals surface area contributed by atoms with E-state index in [-0.39, 0.29) is 0 Å². The van der Waals surface area contributed by atoms with Gasteiger partial charge in [0.1, 0.15) is 7.14 Å². The van der Waals surface area contributed by atoms with E-state index in [2.05, 4.69) is 39.3 Å². The van der Waals surface area contributed by atoms with Crippen molar-refractivity contribution in [2.24, 2.45) is 0 Å². The molecule has 0 N–H and O–H groups in total. The summed E-state index contributed by atoms with van der Waals surface area (Å²) in [4.78, 5) is 0. The first-order valence-corrected chi connectivity index (χ1v) is 16.9. The molecule has 0 unspecified atom stereocenters. The van der Waals surface area contributed by atoms with Crippen molar-refractivity contribution in [1.29, 1.82) is 0 Å². The van der Waals surface area contributed by atoms with E-state index in [4.69, 9.17) is 8.85 Å². The zero-order chi connectivity index (χ0) is 16.3. The number of rotatable bonds is 4. The van der Waals surface area contributed by atoms with Crippen LogP contribution in [0.2, 0.25) is 39.3 Å². The van der Waals surface area contributed by atoms with Crippen molar-refractivity contribution >= 4 is 23.8 Å². The molecule has 1 aliphatic heterocycles. The quantitative estimate of drug-likeness (QED) is 0.467. The molecule has 0 aromatic rings. The number of allylic oxidation sites excluding steroid dienone is 2. The van der Waals surface area contributed by atoms with Crippen LogP contribution in [0.3, 0.4) is 0 Å². The van der Waals surface area contributed by atoms with Crippen molar-refractivity contribution in [2.45, 2.75) is 65.0 Å². The van der Waals surface area contributed by atoms with Gasteiger partial charge in [-0.1, -0.05) is 0 Å². The highest BCUT2D eigenvalue weighted by Gasteiger charge is 2.23. The summed E-state index contributed by atoms with van der Waals surface area (Å²) in [6.07, 6.45) is 3.89. The lowest BCUT2D eigenvalue weighted by Crippen LogP contribution is -2.24. The molecular formula is C15H31O3PSi2. The molecular weight excluding hydrogens is 315 g/mol. The van der Waals surface area contributed by atoms with E-state index in [1.54, 1.807) is 6.66 Å². The Bertz CT molecular complexity index is 430. The van der Waals surface area contributed by atoms with Crippen LogP contribution in [-0.4, -0.2) is 23.3 Å². The second-order valence-electron chi connectivity index (χ2n) is 7.89. The van der Waals surface area contributed by atoms with Gasteiger partial charge in [-0.15, -0.1) is 0 Å². The molecule has 0 bridgehead atoms. The third kappa shape index (κ3) is 8.69. The van der Waals surface area contributed by atoms with E-state index in [9.17, 15) is 4.57 Å². The fraction of sp³-hybridized carbons (Fsp3) is 0.733. The molecule has 122 valence electrons. The van der Waals surface area contributed by atoms with E-state index in [1.165, 1.54) is 0 Å². The summed E-state index contributed by atoms with van der Waals surface area (Å²) in [7, 11) is -5.80. The number of hydrogen-bond donors (Lipinski definition) is 0. The Balaban J connectivity index is 3.02. The molecule has 1 rings (SSSR count). The minimum Gasteiger partial charge on any atom is -0.547 e. The van der Waals surface area contributed by atoms with Gasteiger partial charge in [-0.05, 0) is 58.8 Å². The van der Waals surface area contributed by atoms with E-state index in [1.807, 2.05) is 11.6 Å². The van der Waals surface area contributed by atoms with Crippen LogP contribution in [-0.2, 0) is 13.4 Å². The zero-order valence-corrected chi connectivity index (χ0v) is 17.5. The monoisotopic (exact) mass is 346 g/mol. The van der Waals surface area contributed by atoms with Crippen LogP contribution in [0.5, 0.6) is 0 Å². The lowest BCUT2D eigenvalue weighted by atomic mass is 10.1. The minimum atomic E-state index is -2.50. The van der Waals surface area contributed by atoms with Crippen LogP contribution >= 0.6 is 7.14 Å². The van der Waals surface area contributed by atoms with Crippen LogP contribution in [0.4, 0.5) is 0 Å². The lowest BCUT2D eigenvalue weighted by molar-refractivity contribution is 0.379. The molecule has 1 heterocycles. The summed E-state index contributed by atoms with van der Waals surface area (Å²) >= 11 is 0. The molecule has 0 aliphatic carbocycles. The van der Waals surface area contributed by atoms with Crippen molar-refractivity contribution in [3.63, 3.8) is 0 Å². The molecule has 0 saturated heterocycles. The molecule has 0 fully saturated rings. The third-order valence-electron chi connectivity index (χ3n) is 2.77. The van der Waals surface area contributed by atoms with E-state index < -0.39 is 23.8 Å². The van der Waals surface area contributed by atoms with Crippen molar-refractivity contribution in [2.75, 3.05) is 6.66 Å². The molecule has 3 nitrogen and oxygen atoms in total. The molecule has 0 aromatic carbocycles. The smallest absolute Gasteiger partial charge is 0.241 e. The van der Waals surface area contributed by atoms with E-state index in [0.29, 0.717) is 0 Å². The average molecular weight is 347 g/mol. The fourth-order valence-corrected chi connectivity index (χ4v) is 5.95. The van der Waals surface area contributed by atoms with Crippen LogP contribution < -0.4 is 0 Å². The summed E-state index contributed by atoms with van der Waals surface area (Å²) < 4.78 is 25.1. The van der Waals surface area contributed by atoms with Crippen molar-refractivity contribution in [1.82, 2.24) is 0 Å². The Hall–Kier alpha value is -0.256. The normalized spacial score (nSPS) is 25.5. The minimum absolute atomic E-state index is 0.885. The second-order valence-corrected chi connectivity index (χ2v) is 19.4. The van der Waals surface area contributed by atoms with Gasteiger partial charge in [-0.25, -0.2) is 0 Å². The van der Waals surface area contributed by atoms with E-state index >= 15 is 0 Å². The molecule has 0 aromatic heterocycles. The van der Waals surface area contributed by atoms with E-state index in [0.717, 1.165) is 37.2 Å². The fourth-order valence-electron chi connectivity index (χ4n) is 2.28. The van der Waals surface area contributed by atoms with Crippen molar-refractivity contribution in [3.8, 4) is 0 Å². The Morgan fingerprint density at radius 2 is 1.19 bits per heavy atom. The Kier molecular flexibility index (Phi) is 6.16. The van der Waals surface area contributed by atoms with Gasteiger partial charge in [0.05, 0.1) is 11.5 Å². The average Bonchev–Trinajstić information content (AvgIpc) is 2.22. The topological polar surface area (TPSA) is 35.5 Å². The maximum absolute atomic E-state index is 12.9. The Morgan fingerprint density at radius 3 is 1.48 bits per heavy atom. The van der Waals surface area contributed by atoms with Crippen molar-refractivity contribution in [3.05, 3.63) is 23.2 Å². The van der Waals surface area contributed by atoms with Gasteiger partial charge >= 0.3 is 0 Å². The molecule has 0 spiro atoms. The van der Waals surface area contributed by atoms with Crippen LogP contribution in [0.1, 0.15) is 25.7 Å². The predicted molar refractivity (Wildman–Crippen MR) is 97.0 cm³/mol.